The Bertz CT molecular complexity index is 542. The maximum atomic E-state index is 14.4. The third kappa shape index (κ3) is 2.77. The summed E-state index contributed by atoms with van der Waals surface area (Å²) in [7, 11) is 0. The van der Waals surface area contributed by atoms with E-state index in [0.29, 0.717) is 0 Å². The monoisotopic (exact) mass is 293 g/mol. The minimum absolute atomic E-state index is 0.0293. The van der Waals surface area contributed by atoms with Crippen molar-refractivity contribution in [1.29, 1.82) is 0 Å². The molecule has 114 valence electrons. The van der Waals surface area contributed by atoms with Gasteiger partial charge in [-0.2, -0.15) is 0 Å². The maximum Gasteiger partial charge on any atom is 0.417 e. The van der Waals surface area contributed by atoms with Crippen molar-refractivity contribution in [2.75, 3.05) is 0 Å². The molecule has 1 heterocycles. The molecule has 1 aliphatic heterocycles. The summed E-state index contributed by atoms with van der Waals surface area (Å²) in [6.45, 7) is 7.23. The van der Waals surface area contributed by atoms with E-state index >= 15 is 0 Å². The quantitative estimate of drug-likeness (QED) is 0.857. The summed E-state index contributed by atoms with van der Waals surface area (Å²) in [5.74, 6) is -0.895. The van der Waals surface area contributed by atoms with Crippen LogP contribution in [0.25, 0.3) is 0 Å². The molecule has 2 atom stereocenters. The van der Waals surface area contributed by atoms with Gasteiger partial charge in [0.1, 0.15) is 5.60 Å². The van der Waals surface area contributed by atoms with Crippen molar-refractivity contribution in [3.8, 4) is 0 Å². The van der Waals surface area contributed by atoms with Crippen LogP contribution in [0.2, 0.25) is 0 Å². The number of alkyl halides is 1. The van der Waals surface area contributed by atoms with Crippen LogP contribution in [-0.2, 0) is 9.53 Å². The normalized spacial score (nSPS) is 22.3. The lowest BCUT2D eigenvalue weighted by molar-refractivity contribution is -0.136. The second-order valence-corrected chi connectivity index (χ2v) is 6.14. The van der Waals surface area contributed by atoms with E-state index in [-0.39, 0.29) is 11.5 Å². The molecule has 2 amide bonds. The van der Waals surface area contributed by atoms with Gasteiger partial charge in [-0.05, 0) is 25.3 Å². The number of nitrogens with zero attached hydrogens (tertiary/aromatic N) is 1. The molecule has 1 fully saturated rings. The molecule has 1 aromatic carbocycles. The first-order valence-electron chi connectivity index (χ1n) is 7.00. The number of benzene rings is 1. The summed E-state index contributed by atoms with van der Waals surface area (Å²) in [5, 5.41) is 0. The first-order chi connectivity index (χ1) is 9.75. The molecule has 21 heavy (non-hydrogen) atoms. The molecule has 5 heteroatoms. The number of carbonyl (C=O) groups excluding carboxylic acids is 2. The Labute approximate surface area is 123 Å². The summed E-state index contributed by atoms with van der Waals surface area (Å²) < 4.78 is 19.7. The van der Waals surface area contributed by atoms with Gasteiger partial charge in [-0.3, -0.25) is 4.79 Å². The third-order valence-electron chi connectivity index (χ3n) is 3.72. The molecule has 2 rings (SSSR count). The smallest absolute Gasteiger partial charge is 0.417 e. The van der Waals surface area contributed by atoms with E-state index < -0.39 is 29.8 Å². The van der Waals surface area contributed by atoms with Crippen molar-refractivity contribution in [2.45, 2.75) is 45.5 Å². The highest BCUT2D eigenvalue weighted by atomic mass is 19.1. The van der Waals surface area contributed by atoms with Crippen LogP contribution in [0.4, 0.5) is 9.18 Å². The first kappa shape index (κ1) is 15.5. The number of imide groups is 1. The molecular formula is C16H20FNO3. The van der Waals surface area contributed by atoms with Crippen molar-refractivity contribution in [1.82, 2.24) is 4.90 Å². The van der Waals surface area contributed by atoms with Gasteiger partial charge in [0, 0.05) is 0 Å². The molecule has 0 spiro atoms. The molecule has 4 nitrogen and oxygen atoms in total. The van der Waals surface area contributed by atoms with E-state index in [0.717, 1.165) is 4.90 Å². The Balaban J connectivity index is 2.31. The van der Waals surface area contributed by atoms with E-state index in [2.05, 4.69) is 0 Å². The van der Waals surface area contributed by atoms with Crippen molar-refractivity contribution in [3.63, 3.8) is 0 Å². The van der Waals surface area contributed by atoms with Crippen LogP contribution in [0.1, 0.15) is 39.4 Å². The van der Waals surface area contributed by atoms with Crippen LogP contribution in [0, 0.1) is 5.92 Å². The van der Waals surface area contributed by atoms with Gasteiger partial charge in [0.2, 0.25) is 6.17 Å². The number of hydrogen-bond donors (Lipinski definition) is 0. The number of halogens is 1. The molecule has 1 aliphatic rings. The second kappa shape index (κ2) is 5.47. The largest absolute Gasteiger partial charge is 0.441 e. The van der Waals surface area contributed by atoms with Crippen molar-refractivity contribution < 1.29 is 18.7 Å². The van der Waals surface area contributed by atoms with Gasteiger partial charge in [-0.25, -0.2) is 14.1 Å². The summed E-state index contributed by atoms with van der Waals surface area (Å²) in [5.41, 5.74) is -0.584. The van der Waals surface area contributed by atoms with Crippen molar-refractivity contribution in [2.24, 2.45) is 5.92 Å². The van der Waals surface area contributed by atoms with Crippen molar-refractivity contribution in [3.05, 3.63) is 35.9 Å². The van der Waals surface area contributed by atoms with Gasteiger partial charge in [0.05, 0.1) is 6.04 Å². The molecule has 0 saturated carbocycles. The van der Waals surface area contributed by atoms with E-state index in [4.69, 9.17) is 4.74 Å². The lowest BCUT2D eigenvalue weighted by atomic mass is 9.88. The Hall–Kier alpha value is -1.91. The lowest BCUT2D eigenvalue weighted by Gasteiger charge is -2.31. The molecule has 1 aromatic rings. The highest BCUT2D eigenvalue weighted by molar-refractivity contribution is 5.96. The Morgan fingerprint density at radius 1 is 1.29 bits per heavy atom. The number of amides is 2. The summed E-state index contributed by atoms with van der Waals surface area (Å²) in [4.78, 5) is 25.3. The fourth-order valence-electron chi connectivity index (χ4n) is 2.97. The van der Waals surface area contributed by atoms with E-state index in [1.807, 2.05) is 13.8 Å². The first-order valence-corrected chi connectivity index (χ1v) is 7.00. The minimum Gasteiger partial charge on any atom is -0.441 e. The molecule has 2 unspecified atom stereocenters. The number of ether oxygens (including phenoxy) is 1. The summed E-state index contributed by atoms with van der Waals surface area (Å²) in [6.07, 6.45) is -2.64. The Morgan fingerprint density at radius 2 is 1.86 bits per heavy atom. The summed E-state index contributed by atoms with van der Waals surface area (Å²) >= 11 is 0. The predicted octanol–water partition coefficient (Wildman–Crippen LogP) is 3.48. The minimum atomic E-state index is -1.87. The fourth-order valence-corrected chi connectivity index (χ4v) is 2.97. The van der Waals surface area contributed by atoms with Crippen LogP contribution in [0.5, 0.6) is 0 Å². The number of rotatable bonds is 3. The molecule has 1 saturated heterocycles. The Kier molecular flexibility index (Phi) is 4.03. The van der Waals surface area contributed by atoms with Gasteiger partial charge >= 0.3 is 6.09 Å². The predicted molar refractivity (Wildman–Crippen MR) is 76.3 cm³/mol. The third-order valence-corrected chi connectivity index (χ3v) is 3.72. The van der Waals surface area contributed by atoms with Crippen LogP contribution >= 0.6 is 0 Å². The summed E-state index contributed by atoms with van der Waals surface area (Å²) in [6, 6.07) is 7.62. The average Bonchev–Trinajstić information content (AvgIpc) is 2.67. The van der Waals surface area contributed by atoms with Crippen LogP contribution in [0.3, 0.4) is 0 Å². The van der Waals surface area contributed by atoms with Gasteiger partial charge in [-0.15, -0.1) is 0 Å². The topological polar surface area (TPSA) is 46.6 Å². The number of carbonyl (C=O) groups is 2. The SMILES string of the molecule is CC(C)C1N(C(=O)C(F)c2ccccc2)C(=O)OC1(C)C. The van der Waals surface area contributed by atoms with E-state index in [1.165, 1.54) is 12.1 Å². The average molecular weight is 293 g/mol. The zero-order chi connectivity index (χ0) is 15.8. The molecule has 0 bridgehead atoms. The fraction of sp³-hybridized carbons (Fsp3) is 0.500. The number of cyclic esters (lactones) is 1. The molecule has 0 radical (unpaired) electrons. The highest BCUT2D eigenvalue weighted by Crippen LogP contribution is 2.36. The van der Waals surface area contributed by atoms with Crippen LogP contribution in [-0.4, -0.2) is 28.5 Å². The van der Waals surface area contributed by atoms with Crippen LogP contribution in [0.15, 0.2) is 30.3 Å². The van der Waals surface area contributed by atoms with Gasteiger partial charge in [0.15, 0.2) is 0 Å². The van der Waals surface area contributed by atoms with E-state index in [9.17, 15) is 14.0 Å². The number of hydrogen-bond acceptors (Lipinski definition) is 3. The molecule has 0 N–H and O–H groups in total. The zero-order valence-corrected chi connectivity index (χ0v) is 12.7. The lowest BCUT2D eigenvalue weighted by Crippen LogP contribution is -2.49. The van der Waals surface area contributed by atoms with E-state index in [1.54, 1.807) is 32.0 Å². The second-order valence-electron chi connectivity index (χ2n) is 6.14. The van der Waals surface area contributed by atoms with Crippen LogP contribution < -0.4 is 0 Å². The Morgan fingerprint density at radius 3 is 2.38 bits per heavy atom. The standard InChI is InChI=1S/C16H20FNO3/c1-10(2)13-16(3,4)21-15(20)18(13)14(19)12(17)11-8-6-5-7-9-11/h5-10,12-13H,1-4H3. The maximum absolute atomic E-state index is 14.4. The van der Waals surface area contributed by atoms with Gasteiger partial charge in [-0.1, -0.05) is 44.2 Å². The molecule has 0 aromatic heterocycles. The molecular weight excluding hydrogens is 273 g/mol. The zero-order valence-electron chi connectivity index (χ0n) is 12.7. The van der Waals surface area contributed by atoms with Gasteiger partial charge < -0.3 is 4.74 Å². The highest BCUT2D eigenvalue weighted by Gasteiger charge is 2.53. The van der Waals surface area contributed by atoms with Crippen molar-refractivity contribution >= 4 is 12.0 Å². The molecule has 0 aliphatic carbocycles. The van der Waals surface area contributed by atoms with Gasteiger partial charge in [0.25, 0.3) is 5.91 Å².